The summed E-state index contributed by atoms with van der Waals surface area (Å²) < 4.78 is 5.41. The van der Waals surface area contributed by atoms with Crippen molar-refractivity contribution in [2.75, 3.05) is 5.32 Å². The molecule has 1 N–H and O–H groups in total. The number of ether oxygens (including phenoxy) is 1. The van der Waals surface area contributed by atoms with Crippen LogP contribution >= 0.6 is 11.6 Å². The van der Waals surface area contributed by atoms with Crippen LogP contribution in [0.4, 0.5) is 5.69 Å². The molecule has 2 aromatic carbocycles. The molecule has 2 aliphatic carbocycles. The second kappa shape index (κ2) is 6.45. The van der Waals surface area contributed by atoms with Gasteiger partial charge < -0.3 is 10.1 Å². The number of esters is 1. The van der Waals surface area contributed by atoms with E-state index in [1.807, 2.05) is 6.07 Å². The summed E-state index contributed by atoms with van der Waals surface area (Å²) in [4.78, 5) is 38.2. The van der Waals surface area contributed by atoms with Gasteiger partial charge in [-0.25, -0.2) is 0 Å². The van der Waals surface area contributed by atoms with Gasteiger partial charge in [-0.15, -0.1) is 0 Å². The van der Waals surface area contributed by atoms with Crippen LogP contribution in [0.5, 0.6) is 0 Å². The lowest BCUT2D eigenvalue weighted by Gasteiger charge is -2.24. The van der Waals surface area contributed by atoms with Crippen molar-refractivity contribution in [3.05, 3.63) is 64.7 Å². The van der Waals surface area contributed by atoms with E-state index >= 15 is 0 Å². The van der Waals surface area contributed by atoms with Crippen LogP contribution in [0.25, 0.3) is 0 Å². The van der Waals surface area contributed by atoms with Crippen LogP contribution in [-0.4, -0.2) is 23.8 Å². The lowest BCUT2D eigenvalue weighted by Crippen LogP contribution is -2.36. The van der Waals surface area contributed by atoms with Crippen LogP contribution in [0.15, 0.2) is 48.5 Å². The van der Waals surface area contributed by atoms with Crippen molar-refractivity contribution >= 4 is 34.9 Å². The SMILES string of the molecule is O=C(c1ccccc1)c1cc(Cl)ccc1NC(=O)[C@@H]1[C@@H]2C[C@@H]3[C@@H]1C(=O)O[C@@H]3C2. The Labute approximate surface area is 167 Å². The molecule has 5 nitrogen and oxygen atoms in total. The molecule has 2 bridgehead atoms. The van der Waals surface area contributed by atoms with Crippen molar-refractivity contribution in [1.29, 1.82) is 0 Å². The van der Waals surface area contributed by atoms with Gasteiger partial charge in [0.15, 0.2) is 5.78 Å². The Morgan fingerprint density at radius 1 is 1.07 bits per heavy atom. The molecule has 0 unspecified atom stereocenters. The molecule has 3 aliphatic rings. The molecule has 2 saturated carbocycles. The van der Waals surface area contributed by atoms with Gasteiger partial charge in [0.1, 0.15) is 6.10 Å². The number of anilines is 1. The second-order valence-electron chi connectivity index (χ2n) is 7.80. The first-order valence-corrected chi connectivity index (χ1v) is 9.81. The van der Waals surface area contributed by atoms with Crippen LogP contribution in [0, 0.1) is 23.7 Å². The molecule has 5 rings (SSSR count). The molecular formula is C22H18ClNO4. The highest BCUT2D eigenvalue weighted by Crippen LogP contribution is 2.57. The van der Waals surface area contributed by atoms with E-state index in [4.69, 9.17) is 16.3 Å². The summed E-state index contributed by atoms with van der Waals surface area (Å²) in [6.07, 6.45) is 1.59. The number of halogens is 1. The molecule has 6 heteroatoms. The zero-order chi connectivity index (χ0) is 19.4. The molecule has 5 atom stereocenters. The molecule has 3 fully saturated rings. The van der Waals surface area contributed by atoms with Gasteiger partial charge in [0.2, 0.25) is 5.91 Å². The van der Waals surface area contributed by atoms with E-state index < -0.39 is 5.92 Å². The number of fused-ring (bicyclic) bond motifs is 1. The number of carbonyl (C=O) groups excluding carboxylic acids is 3. The van der Waals surface area contributed by atoms with Gasteiger partial charge in [0.25, 0.3) is 0 Å². The van der Waals surface area contributed by atoms with Crippen LogP contribution < -0.4 is 5.32 Å². The normalized spacial score (nSPS) is 29.6. The topological polar surface area (TPSA) is 72.5 Å². The largest absolute Gasteiger partial charge is 0.462 e. The number of nitrogens with one attached hydrogen (secondary N) is 1. The maximum Gasteiger partial charge on any atom is 0.310 e. The Morgan fingerprint density at radius 2 is 1.86 bits per heavy atom. The number of carbonyl (C=O) groups is 3. The van der Waals surface area contributed by atoms with E-state index in [1.54, 1.807) is 42.5 Å². The molecule has 1 saturated heterocycles. The summed E-state index contributed by atoms with van der Waals surface area (Å²) in [5.41, 5.74) is 1.26. The average Bonchev–Trinajstić information content (AvgIpc) is 3.32. The Hall–Kier alpha value is -2.66. The van der Waals surface area contributed by atoms with E-state index in [-0.39, 0.29) is 41.5 Å². The number of ketones is 1. The minimum absolute atomic E-state index is 0.0164. The third kappa shape index (κ3) is 2.65. The first-order valence-electron chi connectivity index (χ1n) is 9.43. The summed E-state index contributed by atoms with van der Waals surface area (Å²) in [6, 6.07) is 13.7. The molecule has 0 spiro atoms. The Balaban J connectivity index is 1.44. The number of hydrogen-bond acceptors (Lipinski definition) is 4. The Morgan fingerprint density at radius 3 is 2.64 bits per heavy atom. The van der Waals surface area contributed by atoms with Crippen molar-refractivity contribution in [2.45, 2.75) is 18.9 Å². The fourth-order valence-corrected chi connectivity index (χ4v) is 5.31. The van der Waals surface area contributed by atoms with Gasteiger partial charge in [-0.05, 0) is 37.0 Å². The van der Waals surface area contributed by atoms with Crippen molar-refractivity contribution in [3.8, 4) is 0 Å². The zero-order valence-electron chi connectivity index (χ0n) is 14.9. The Bertz CT molecular complexity index is 987. The number of amides is 1. The van der Waals surface area contributed by atoms with Crippen molar-refractivity contribution in [3.63, 3.8) is 0 Å². The van der Waals surface area contributed by atoms with Crippen LogP contribution in [0.2, 0.25) is 5.02 Å². The van der Waals surface area contributed by atoms with Crippen LogP contribution in [0.1, 0.15) is 28.8 Å². The van der Waals surface area contributed by atoms with E-state index in [0.29, 0.717) is 21.8 Å². The molecule has 28 heavy (non-hydrogen) atoms. The fraction of sp³-hybridized carbons (Fsp3) is 0.318. The molecule has 1 heterocycles. The molecule has 0 radical (unpaired) electrons. The van der Waals surface area contributed by atoms with Crippen LogP contribution in [0.3, 0.4) is 0 Å². The summed E-state index contributed by atoms with van der Waals surface area (Å²) in [5.74, 6) is -1.13. The van der Waals surface area contributed by atoms with E-state index in [1.165, 1.54) is 0 Å². The molecule has 142 valence electrons. The van der Waals surface area contributed by atoms with Gasteiger partial charge in [0, 0.05) is 22.1 Å². The monoisotopic (exact) mass is 395 g/mol. The van der Waals surface area contributed by atoms with E-state index in [9.17, 15) is 14.4 Å². The summed E-state index contributed by atoms with van der Waals surface area (Å²) >= 11 is 6.11. The fourth-order valence-electron chi connectivity index (χ4n) is 5.14. The summed E-state index contributed by atoms with van der Waals surface area (Å²) in [5, 5.41) is 3.31. The van der Waals surface area contributed by atoms with Gasteiger partial charge in [0.05, 0.1) is 17.5 Å². The van der Waals surface area contributed by atoms with Crippen molar-refractivity contribution in [2.24, 2.45) is 23.7 Å². The second-order valence-corrected chi connectivity index (χ2v) is 8.23. The third-order valence-electron chi connectivity index (χ3n) is 6.31. The van der Waals surface area contributed by atoms with Gasteiger partial charge in [-0.3, -0.25) is 14.4 Å². The lowest BCUT2D eigenvalue weighted by atomic mass is 9.79. The molecule has 2 aromatic rings. The highest BCUT2D eigenvalue weighted by atomic mass is 35.5. The maximum absolute atomic E-state index is 13.1. The minimum atomic E-state index is -0.397. The molecule has 0 aromatic heterocycles. The highest BCUT2D eigenvalue weighted by Gasteiger charge is 2.63. The van der Waals surface area contributed by atoms with Gasteiger partial charge in [-0.2, -0.15) is 0 Å². The first-order chi connectivity index (χ1) is 13.5. The minimum Gasteiger partial charge on any atom is -0.462 e. The zero-order valence-corrected chi connectivity index (χ0v) is 15.7. The highest BCUT2D eigenvalue weighted by molar-refractivity contribution is 6.31. The molecule has 1 amide bonds. The molecule has 1 aliphatic heterocycles. The molecular weight excluding hydrogens is 378 g/mol. The number of hydrogen-bond donors (Lipinski definition) is 1. The summed E-state index contributed by atoms with van der Waals surface area (Å²) in [6.45, 7) is 0. The maximum atomic E-state index is 13.1. The summed E-state index contributed by atoms with van der Waals surface area (Å²) in [7, 11) is 0. The first kappa shape index (κ1) is 17.4. The van der Waals surface area contributed by atoms with Crippen molar-refractivity contribution in [1.82, 2.24) is 0 Å². The van der Waals surface area contributed by atoms with E-state index in [2.05, 4.69) is 5.32 Å². The third-order valence-corrected chi connectivity index (χ3v) is 6.54. The average molecular weight is 396 g/mol. The Kier molecular flexibility index (Phi) is 4.02. The lowest BCUT2D eigenvalue weighted by molar-refractivity contribution is -0.145. The number of rotatable bonds is 4. The van der Waals surface area contributed by atoms with Crippen LogP contribution in [-0.2, 0) is 14.3 Å². The number of benzene rings is 2. The van der Waals surface area contributed by atoms with E-state index in [0.717, 1.165) is 12.8 Å². The predicted molar refractivity (Wildman–Crippen MR) is 103 cm³/mol. The van der Waals surface area contributed by atoms with Crippen molar-refractivity contribution < 1.29 is 19.1 Å². The van der Waals surface area contributed by atoms with Gasteiger partial charge >= 0.3 is 5.97 Å². The standard InChI is InChI=1S/C22H18ClNO4/c23-13-6-7-16(14(10-13)20(25)11-4-2-1-3-5-11)24-21(26)18-12-8-15-17(9-12)28-22(27)19(15)18/h1-7,10,12,15,17-19H,8-9H2,(H,24,26)/t12-,15+,17-,18-,19+/m1/s1. The smallest absolute Gasteiger partial charge is 0.310 e. The quantitative estimate of drug-likeness (QED) is 0.632. The predicted octanol–water partition coefficient (Wildman–Crippen LogP) is 3.71. The van der Waals surface area contributed by atoms with Gasteiger partial charge in [-0.1, -0.05) is 41.9 Å².